The highest BCUT2D eigenvalue weighted by Gasteiger charge is 2.44. The molecule has 308 valence electrons. The van der Waals surface area contributed by atoms with Crippen LogP contribution in [0.3, 0.4) is 0 Å². The van der Waals surface area contributed by atoms with Crippen molar-refractivity contribution < 1.29 is 43.8 Å². The van der Waals surface area contributed by atoms with Gasteiger partial charge in [0.2, 0.25) is 41.4 Å². The number of fused-ring (bicyclic) bond motifs is 2. The van der Waals surface area contributed by atoms with Crippen molar-refractivity contribution >= 4 is 41.4 Å². The van der Waals surface area contributed by atoms with Gasteiger partial charge in [-0.15, -0.1) is 0 Å². The molecule has 3 fully saturated rings. The summed E-state index contributed by atoms with van der Waals surface area (Å²) in [7, 11) is 0. The molecule has 2 unspecified atom stereocenters. The van der Waals surface area contributed by atoms with Crippen LogP contribution in [0.15, 0.2) is 60.7 Å². The summed E-state index contributed by atoms with van der Waals surface area (Å²) in [5.41, 5.74) is 1.40. The average Bonchev–Trinajstić information content (AvgIpc) is 3.91. The quantitative estimate of drug-likeness (QED) is 0.180. The van der Waals surface area contributed by atoms with Gasteiger partial charge in [0.25, 0.3) is 0 Å². The molecule has 0 aliphatic carbocycles. The molecule has 0 radical (unpaired) electrons. The molecule has 0 spiro atoms. The smallest absolute Gasteiger partial charge is 0.248 e. The second-order valence-electron chi connectivity index (χ2n) is 15.2. The average molecular weight is 790 g/mol. The molecule has 3 heterocycles. The van der Waals surface area contributed by atoms with Gasteiger partial charge in [-0.05, 0) is 49.7 Å². The van der Waals surface area contributed by atoms with Crippen LogP contribution >= 0.6 is 0 Å². The number of carbonyl (C=O) groups excluding carboxylic acids is 7. The van der Waals surface area contributed by atoms with Crippen LogP contribution in [0.2, 0.25) is 0 Å². The number of aliphatic hydroxyl groups excluding tert-OH is 2. The molecule has 16 heteroatoms. The normalized spacial score (nSPS) is 28.2. The van der Waals surface area contributed by atoms with Crippen molar-refractivity contribution in [1.29, 1.82) is 0 Å². The maximum Gasteiger partial charge on any atom is 0.248 e. The number of nitrogens with zero attached hydrogens (tertiary/aromatic N) is 2. The van der Waals surface area contributed by atoms with Gasteiger partial charge in [0.15, 0.2) is 0 Å². The van der Waals surface area contributed by atoms with Gasteiger partial charge in [-0.1, -0.05) is 80.9 Å². The topological polar surface area (TPSA) is 227 Å². The standard InChI is InChI=1S/C41H55N7O9/c1-4-24(2)33-39(55)43-28(21-26-13-7-5-8-14-26)35(51)44-30(23-49)40(56)47-19-11-18-32(47)38(54)46-34(25(3)50)41(57)48-20-12-17-31(48)37(53)42-29(36(52)45-33)22-27-15-9-6-10-16-27/h5-10,13-16,24-25,28-34,49-50H,4,11-12,17-23H2,1-3H3,(H,42,53)(H,43,55)(H,44,51)(H,45,52)(H,46,54)/t24-,25+,28?,29-,30+,31+,32?,33-,34-/m1/s1. The highest BCUT2D eigenvalue weighted by molar-refractivity contribution is 5.99. The summed E-state index contributed by atoms with van der Waals surface area (Å²) in [4.78, 5) is 101. The lowest BCUT2D eigenvalue weighted by molar-refractivity contribution is -0.146. The van der Waals surface area contributed by atoms with Gasteiger partial charge in [0, 0.05) is 25.9 Å². The van der Waals surface area contributed by atoms with E-state index in [1.807, 2.05) is 13.0 Å². The Morgan fingerprint density at radius 2 is 1.04 bits per heavy atom. The van der Waals surface area contributed by atoms with Crippen LogP contribution in [-0.2, 0) is 46.4 Å². The van der Waals surface area contributed by atoms with E-state index in [0.29, 0.717) is 24.8 Å². The Morgan fingerprint density at radius 1 is 0.596 bits per heavy atom. The molecule has 7 N–H and O–H groups in total. The van der Waals surface area contributed by atoms with Crippen molar-refractivity contribution in [2.75, 3.05) is 19.7 Å². The largest absolute Gasteiger partial charge is 0.394 e. The van der Waals surface area contributed by atoms with E-state index in [1.165, 1.54) is 16.7 Å². The number of aliphatic hydroxyl groups is 2. The molecule has 5 rings (SSSR count). The fourth-order valence-corrected chi connectivity index (χ4v) is 7.68. The van der Waals surface area contributed by atoms with Crippen molar-refractivity contribution in [2.24, 2.45) is 5.92 Å². The van der Waals surface area contributed by atoms with Crippen molar-refractivity contribution in [1.82, 2.24) is 36.4 Å². The third-order valence-corrected chi connectivity index (χ3v) is 11.1. The number of amides is 7. The lowest BCUT2D eigenvalue weighted by Crippen LogP contribution is -2.61. The van der Waals surface area contributed by atoms with E-state index >= 15 is 0 Å². The zero-order valence-electron chi connectivity index (χ0n) is 32.7. The van der Waals surface area contributed by atoms with Crippen LogP contribution in [-0.4, -0.2) is 129 Å². The molecule has 0 bridgehead atoms. The van der Waals surface area contributed by atoms with E-state index in [2.05, 4.69) is 26.6 Å². The van der Waals surface area contributed by atoms with Crippen LogP contribution in [0.4, 0.5) is 0 Å². The fourth-order valence-electron chi connectivity index (χ4n) is 7.68. The molecule has 3 saturated heterocycles. The van der Waals surface area contributed by atoms with E-state index in [1.54, 1.807) is 61.5 Å². The Hall–Kier alpha value is -5.35. The molecule has 2 aromatic carbocycles. The summed E-state index contributed by atoms with van der Waals surface area (Å²) in [5, 5.41) is 34.7. The van der Waals surface area contributed by atoms with Gasteiger partial charge < -0.3 is 46.6 Å². The van der Waals surface area contributed by atoms with Crippen LogP contribution in [0.25, 0.3) is 0 Å². The minimum atomic E-state index is -1.49. The predicted molar refractivity (Wildman–Crippen MR) is 208 cm³/mol. The first-order chi connectivity index (χ1) is 27.3. The zero-order chi connectivity index (χ0) is 41.2. The Balaban J connectivity index is 1.55. The highest BCUT2D eigenvalue weighted by atomic mass is 16.3. The van der Waals surface area contributed by atoms with Gasteiger partial charge in [0.1, 0.15) is 42.3 Å². The highest BCUT2D eigenvalue weighted by Crippen LogP contribution is 2.23. The fraction of sp³-hybridized carbons (Fsp3) is 0.537. The van der Waals surface area contributed by atoms with Crippen molar-refractivity contribution in [3.63, 3.8) is 0 Å². The Morgan fingerprint density at radius 3 is 1.53 bits per heavy atom. The molecule has 3 aliphatic rings. The summed E-state index contributed by atoms with van der Waals surface area (Å²) in [5.74, 6) is -5.36. The first-order valence-corrected chi connectivity index (χ1v) is 19.8. The molecule has 0 saturated carbocycles. The minimum absolute atomic E-state index is 0.00000909. The van der Waals surface area contributed by atoms with Gasteiger partial charge in [-0.25, -0.2) is 0 Å². The van der Waals surface area contributed by atoms with Gasteiger partial charge in [-0.3, -0.25) is 33.6 Å². The van der Waals surface area contributed by atoms with Crippen LogP contribution < -0.4 is 26.6 Å². The van der Waals surface area contributed by atoms with Gasteiger partial charge >= 0.3 is 0 Å². The van der Waals surface area contributed by atoms with Crippen LogP contribution in [0, 0.1) is 5.92 Å². The number of hydrogen-bond acceptors (Lipinski definition) is 9. The number of benzene rings is 2. The molecule has 7 amide bonds. The molecule has 57 heavy (non-hydrogen) atoms. The summed E-state index contributed by atoms with van der Waals surface area (Å²) < 4.78 is 0. The molecule has 9 atom stereocenters. The van der Waals surface area contributed by atoms with E-state index in [4.69, 9.17) is 0 Å². The van der Waals surface area contributed by atoms with Gasteiger partial charge in [0.05, 0.1) is 12.7 Å². The van der Waals surface area contributed by atoms with Crippen molar-refractivity contribution in [2.45, 2.75) is 114 Å². The van der Waals surface area contributed by atoms with Gasteiger partial charge in [-0.2, -0.15) is 0 Å². The molecular formula is C41H55N7O9. The Bertz CT molecular complexity index is 1760. The third kappa shape index (κ3) is 10.5. The zero-order valence-corrected chi connectivity index (χ0v) is 32.7. The third-order valence-electron chi connectivity index (χ3n) is 11.1. The summed E-state index contributed by atoms with van der Waals surface area (Å²) >= 11 is 0. The maximum absolute atomic E-state index is 14.2. The molecule has 16 nitrogen and oxygen atoms in total. The lowest BCUT2D eigenvalue weighted by Gasteiger charge is -2.33. The van der Waals surface area contributed by atoms with E-state index in [0.717, 1.165) is 5.56 Å². The molecule has 0 aromatic heterocycles. The Kier molecular flexibility index (Phi) is 14.8. The second kappa shape index (κ2) is 19.7. The van der Waals surface area contributed by atoms with E-state index in [9.17, 15) is 43.8 Å². The molecular weight excluding hydrogens is 734 g/mol. The second-order valence-corrected chi connectivity index (χ2v) is 15.2. The summed E-state index contributed by atoms with van der Waals surface area (Å²) in [6, 6.07) is 9.16. The molecule has 2 aromatic rings. The van der Waals surface area contributed by atoms with E-state index < -0.39 is 102 Å². The summed E-state index contributed by atoms with van der Waals surface area (Å²) in [6.07, 6.45) is 0.449. The minimum Gasteiger partial charge on any atom is -0.394 e. The van der Waals surface area contributed by atoms with Crippen LogP contribution in [0.1, 0.15) is 64.0 Å². The lowest BCUT2D eigenvalue weighted by atomic mass is 9.96. The first-order valence-electron chi connectivity index (χ1n) is 19.8. The maximum atomic E-state index is 14.2. The number of rotatable bonds is 8. The van der Waals surface area contributed by atoms with Crippen LogP contribution in [0.5, 0.6) is 0 Å². The predicted octanol–water partition coefficient (Wildman–Crippen LogP) is -0.689. The molecule has 3 aliphatic heterocycles. The first kappa shape index (κ1) is 42.8. The number of nitrogens with one attached hydrogen (secondary N) is 5. The SMILES string of the molecule is CC[C@@H](C)[C@H]1NC(=O)[C@@H](Cc2ccccc2)NC(=O)[C@@H]2CCCN2C(=O)[C@@H]([C@H](C)O)NC(=O)C2CCCN2C(=O)[C@H](CO)NC(=O)C(Cc2ccccc2)NC1=O. The number of hydrogen-bond donors (Lipinski definition) is 7. The van der Waals surface area contributed by atoms with Crippen molar-refractivity contribution in [3.8, 4) is 0 Å². The number of carbonyl (C=O) groups is 7. The van der Waals surface area contributed by atoms with Crippen molar-refractivity contribution in [3.05, 3.63) is 71.8 Å². The monoisotopic (exact) mass is 789 g/mol. The Labute approximate surface area is 332 Å². The van der Waals surface area contributed by atoms with E-state index in [-0.39, 0.29) is 38.8 Å². The summed E-state index contributed by atoms with van der Waals surface area (Å²) in [6.45, 7) is 4.40.